The van der Waals surface area contributed by atoms with Crippen LogP contribution in [0.1, 0.15) is 41.0 Å². The molecule has 4 nitrogen and oxygen atoms in total. The van der Waals surface area contributed by atoms with E-state index < -0.39 is 30.0 Å². The molecule has 0 spiro atoms. The van der Waals surface area contributed by atoms with E-state index in [4.69, 9.17) is 0 Å². The van der Waals surface area contributed by atoms with E-state index in [-0.39, 0.29) is 29.2 Å². The van der Waals surface area contributed by atoms with E-state index in [1.807, 2.05) is 0 Å². The first-order chi connectivity index (χ1) is 12.6. The first-order valence-electron chi connectivity index (χ1n) is 8.19. The van der Waals surface area contributed by atoms with Crippen LogP contribution in [0.5, 0.6) is 0 Å². The molecule has 0 saturated heterocycles. The lowest BCUT2D eigenvalue weighted by molar-refractivity contribution is -0.137. The number of benzene rings is 1. The SMILES string of the molecule is CC(C)C(=O)Cc1cc(C(=O)NCc2cc(C(F)(F)F)ccc2F)ccn1. The maximum absolute atomic E-state index is 13.7. The third kappa shape index (κ3) is 5.60. The van der Waals surface area contributed by atoms with Gasteiger partial charge in [-0.2, -0.15) is 13.2 Å². The number of amides is 1. The number of pyridine rings is 1. The molecule has 8 heteroatoms. The monoisotopic (exact) mass is 382 g/mol. The van der Waals surface area contributed by atoms with Crippen LogP contribution in [0, 0.1) is 11.7 Å². The van der Waals surface area contributed by atoms with Crippen LogP contribution in [0.25, 0.3) is 0 Å². The summed E-state index contributed by atoms with van der Waals surface area (Å²) in [5.41, 5.74) is -0.676. The highest BCUT2D eigenvalue weighted by molar-refractivity contribution is 5.94. The van der Waals surface area contributed by atoms with Crippen LogP contribution in [0.2, 0.25) is 0 Å². The zero-order valence-electron chi connectivity index (χ0n) is 14.7. The Morgan fingerprint density at radius 1 is 1.15 bits per heavy atom. The minimum Gasteiger partial charge on any atom is -0.348 e. The van der Waals surface area contributed by atoms with Crippen molar-refractivity contribution in [3.8, 4) is 0 Å². The summed E-state index contributed by atoms with van der Waals surface area (Å²) in [5, 5.41) is 2.38. The van der Waals surface area contributed by atoms with Crippen molar-refractivity contribution in [1.82, 2.24) is 10.3 Å². The van der Waals surface area contributed by atoms with Gasteiger partial charge in [0, 0.05) is 41.9 Å². The average molecular weight is 382 g/mol. The number of nitrogens with one attached hydrogen (secondary N) is 1. The predicted octanol–water partition coefficient (Wildman–Crippen LogP) is 3.94. The molecule has 0 bridgehead atoms. The van der Waals surface area contributed by atoms with E-state index in [9.17, 15) is 27.2 Å². The summed E-state index contributed by atoms with van der Waals surface area (Å²) in [7, 11) is 0. The fourth-order valence-electron chi connectivity index (χ4n) is 2.26. The summed E-state index contributed by atoms with van der Waals surface area (Å²) < 4.78 is 51.9. The molecule has 0 radical (unpaired) electrons. The molecule has 2 rings (SSSR count). The molecule has 1 N–H and O–H groups in total. The number of alkyl halides is 3. The van der Waals surface area contributed by atoms with Crippen molar-refractivity contribution >= 4 is 11.7 Å². The minimum atomic E-state index is -4.60. The van der Waals surface area contributed by atoms with Crippen molar-refractivity contribution in [1.29, 1.82) is 0 Å². The van der Waals surface area contributed by atoms with Crippen molar-refractivity contribution in [2.24, 2.45) is 5.92 Å². The molecule has 1 heterocycles. The molecule has 0 aliphatic carbocycles. The van der Waals surface area contributed by atoms with Gasteiger partial charge in [-0.3, -0.25) is 14.6 Å². The number of hydrogen-bond donors (Lipinski definition) is 1. The van der Waals surface area contributed by atoms with Gasteiger partial charge in [0.15, 0.2) is 0 Å². The summed E-state index contributed by atoms with van der Waals surface area (Å²) >= 11 is 0. The molecule has 2 aromatic rings. The van der Waals surface area contributed by atoms with E-state index in [1.54, 1.807) is 13.8 Å². The molecule has 1 aromatic heterocycles. The van der Waals surface area contributed by atoms with Crippen LogP contribution in [-0.2, 0) is 23.9 Å². The van der Waals surface area contributed by atoms with Crippen LogP contribution in [0.15, 0.2) is 36.5 Å². The van der Waals surface area contributed by atoms with Gasteiger partial charge in [-0.1, -0.05) is 13.8 Å². The Hall–Kier alpha value is -2.77. The van der Waals surface area contributed by atoms with Gasteiger partial charge in [-0.15, -0.1) is 0 Å². The molecular weight excluding hydrogens is 364 g/mol. The molecule has 0 aliphatic rings. The molecule has 0 unspecified atom stereocenters. The summed E-state index contributed by atoms with van der Waals surface area (Å²) in [4.78, 5) is 28.0. The normalized spacial score (nSPS) is 11.5. The highest BCUT2D eigenvalue weighted by Gasteiger charge is 2.31. The first kappa shape index (κ1) is 20.5. The number of aromatic nitrogens is 1. The largest absolute Gasteiger partial charge is 0.416 e. The number of halogens is 4. The molecule has 27 heavy (non-hydrogen) atoms. The third-order valence-electron chi connectivity index (χ3n) is 3.89. The lowest BCUT2D eigenvalue weighted by atomic mass is 10.0. The number of nitrogens with zero attached hydrogens (tertiary/aromatic N) is 1. The Kier molecular flexibility index (Phi) is 6.30. The molecule has 0 aliphatic heterocycles. The van der Waals surface area contributed by atoms with Crippen molar-refractivity contribution in [2.45, 2.75) is 33.0 Å². The molecule has 144 valence electrons. The van der Waals surface area contributed by atoms with Gasteiger partial charge < -0.3 is 5.32 Å². The van der Waals surface area contributed by atoms with E-state index in [0.717, 1.165) is 0 Å². The number of hydrogen-bond acceptors (Lipinski definition) is 3. The second-order valence-electron chi connectivity index (χ2n) is 6.32. The topological polar surface area (TPSA) is 59.1 Å². The smallest absolute Gasteiger partial charge is 0.348 e. The van der Waals surface area contributed by atoms with Crippen molar-refractivity contribution in [3.63, 3.8) is 0 Å². The number of Topliss-reactive ketones (excluding diaryl/α,β-unsaturated/α-hetero) is 1. The zero-order valence-corrected chi connectivity index (χ0v) is 14.7. The summed E-state index contributed by atoms with van der Waals surface area (Å²) in [5.74, 6) is -1.66. The van der Waals surface area contributed by atoms with Crippen LogP contribution < -0.4 is 5.32 Å². The van der Waals surface area contributed by atoms with Crippen LogP contribution in [0.3, 0.4) is 0 Å². The average Bonchev–Trinajstić information content (AvgIpc) is 2.59. The Labute approximate surface area is 153 Å². The van der Waals surface area contributed by atoms with E-state index in [2.05, 4.69) is 10.3 Å². The minimum absolute atomic E-state index is 0.0360. The van der Waals surface area contributed by atoms with Gasteiger partial charge in [0.1, 0.15) is 11.6 Å². The lowest BCUT2D eigenvalue weighted by Crippen LogP contribution is -2.24. The van der Waals surface area contributed by atoms with Crippen LogP contribution in [0.4, 0.5) is 17.6 Å². The van der Waals surface area contributed by atoms with Crippen molar-refractivity contribution in [3.05, 3.63) is 64.7 Å². The molecule has 1 aromatic carbocycles. The van der Waals surface area contributed by atoms with Gasteiger partial charge in [0.05, 0.1) is 5.56 Å². The quantitative estimate of drug-likeness (QED) is 0.770. The summed E-state index contributed by atoms with van der Waals surface area (Å²) in [6.45, 7) is 3.10. The van der Waals surface area contributed by atoms with Crippen LogP contribution >= 0.6 is 0 Å². The molecule has 0 saturated carbocycles. The van der Waals surface area contributed by atoms with Gasteiger partial charge in [0.25, 0.3) is 5.91 Å². The molecule has 0 fully saturated rings. The second kappa shape index (κ2) is 8.28. The highest BCUT2D eigenvalue weighted by Crippen LogP contribution is 2.30. The maximum Gasteiger partial charge on any atom is 0.416 e. The zero-order chi connectivity index (χ0) is 20.2. The second-order valence-corrected chi connectivity index (χ2v) is 6.32. The Bertz CT molecular complexity index is 848. The third-order valence-corrected chi connectivity index (χ3v) is 3.89. The Morgan fingerprint density at radius 2 is 1.85 bits per heavy atom. The van der Waals surface area contributed by atoms with E-state index in [0.29, 0.717) is 23.9 Å². The number of rotatable bonds is 6. The summed E-state index contributed by atoms with van der Waals surface area (Å²) in [6.07, 6.45) is -3.17. The molecule has 0 atom stereocenters. The van der Waals surface area contributed by atoms with E-state index in [1.165, 1.54) is 18.3 Å². The summed E-state index contributed by atoms with van der Waals surface area (Å²) in [6, 6.07) is 4.85. The number of ketones is 1. The first-order valence-corrected chi connectivity index (χ1v) is 8.19. The fourth-order valence-corrected chi connectivity index (χ4v) is 2.26. The predicted molar refractivity (Wildman–Crippen MR) is 90.4 cm³/mol. The fraction of sp³-hybridized carbons (Fsp3) is 0.316. The van der Waals surface area contributed by atoms with Gasteiger partial charge in [-0.25, -0.2) is 4.39 Å². The number of carbonyl (C=O) groups excluding carboxylic acids is 2. The van der Waals surface area contributed by atoms with E-state index >= 15 is 0 Å². The molecular formula is C19H18F4N2O2. The van der Waals surface area contributed by atoms with Gasteiger partial charge >= 0.3 is 6.18 Å². The number of carbonyl (C=O) groups is 2. The Balaban J connectivity index is 2.09. The van der Waals surface area contributed by atoms with Gasteiger partial charge in [-0.05, 0) is 30.3 Å². The van der Waals surface area contributed by atoms with Crippen LogP contribution in [-0.4, -0.2) is 16.7 Å². The van der Waals surface area contributed by atoms with Gasteiger partial charge in [0.2, 0.25) is 0 Å². The maximum atomic E-state index is 13.7. The lowest BCUT2D eigenvalue weighted by Gasteiger charge is -2.11. The molecule has 1 amide bonds. The standard InChI is InChI=1S/C19H18F4N2O2/c1-11(2)17(26)9-15-8-12(5-6-24-15)18(27)25-10-13-7-14(19(21,22)23)3-4-16(13)20/h3-8,11H,9-10H2,1-2H3,(H,25,27). The highest BCUT2D eigenvalue weighted by atomic mass is 19.4. The van der Waals surface area contributed by atoms with Crippen molar-refractivity contribution < 1.29 is 27.2 Å². The van der Waals surface area contributed by atoms with Crippen molar-refractivity contribution in [2.75, 3.05) is 0 Å². The Morgan fingerprint density at radius 3 is 2.48 bits per heavy atom.